The van der Waals surface area contributed by atoms with Crippen LogP contribution >= 0.6 is 0 Å². The van der Waals surface area contributed by atoms with Gasteiger partial charge in [-0.2, -0.15) is 15.3 Å². The number of nitrogens with one attached hydrogen (secondary N) is 1. The topological polar surface area (TPSA) is 115 Å². The summed E-state index contributed by atoms with van der Waals surface area (Å²) in [5.74, 6) is 0.630. The Labute approximate surface area is 188 Å². The molecule has 0 spiro atoms. The lowest BCUT2D eigenvalue weighted by atomic mass is 10.1. The van der Waals surface area contributed by atoms with Crippen LogP contribution in [0.5, 0.6) is 11.6 Å². The van der Waals surface area contributed by atoms with Crippen molar-refractivity contribution < 1.29 is 13.5 Å². The molecule has 0 saturated heterocycles. The molecule has 3 N–H and O–H groups in total. The van der Waals surface area contributed by atoms with Gasteiger partial charge in [0.2, 0.25) is 11.8 Å². The number of halogens is 2. The van der Waals surface area contributed by atoms with Crippen LogP contribution in [0.1, 0.15) is 17.7 Å². The first-order valence-corrected chi connectivity index (χ1v) is 10.1. The summed E-state index contributed by atoms with van der Waals surface area (Å²) in [5, 5.41) is 17.0. The number of anilines is 2. The summed E-state index contributed by atoms with van der Waals surface area (Å²) < 4.78 is 33.2. The van der Waals surface area contributed by atoms with Crippen LogP contribution in [-0.4, -0.2) is 26.3 Å². The normalized spacial score (nSPS) is 10.6. The number of aromatic nitrogens is 4. The van der Waals surface area contributed by atoms with Gasteiger partial charge in [0.1, 0.15) is 34.8 Å². The lowest BCUT2D eigenvalue weighted by molar-refractivity contribution is 0.460. The first-order valence-electron chi connectivity index (χ1n) is 10.1. The zero-order chi connectivity index (χ0) is 23.2. The van der Waals surface area contributed by atoms with Gasteiger partial charge in [0, 0.05) is 18.8 Å². The van der Waals surface area contributed by atoms with E-state index in [1.165, 1.54) is 41.1 Å². The molecule has 0 bridgehead atoms. The van der Waals surface area contributed by atoms with Crippen molar-refractivity contribution in [3.05, 3.63) is 83.7 Å². The van der Waals surface area contributed by atoms with Crippen LogP contribution in [0.15, 0.2) is 60.8 Å². The van der Waals surface area contributed by atoms with Crippen molar-refractivity contribution in [1.29, 1.82) is 5.26 Å². The molecule has 0 aliphatic heterocycles. The Balaban J connectivity index is 1.36. The monoisotopic (exact) mass is 447 g/mol. The van der Waals surface area contributed by atoms with E-state index < -0.39 is 0 Å². The number of rotatable bonds is 8. The van der Waals surface area contributed by atoms with Gasteiger partial charge in [0.25, 0.3) is 0 Å². The van der Waals surface area contributed by atoms with E-state index >= 15 is 0 Å². The van der Waals surface area contributed by atoms with E-state index in [1.54, 1.807) is 24.4 Å². The third kappa shape index (κ3) is 5.22. The predicted molar refractivity (Wildman–Crippen MR) is 118 cm³/mol. The van der Waals surface area contributed by atoms with Gasteiger partial charge in [-0.05, 0) is 61.4 Å². The van der Waals surface area contributed by atoms with Gasteiger partial charge >= 0.3 is 0 Å². The summed E-state index contributed by atoms with van der Waals surface area (Å²) in [5.41, 5.74) is 7.50. The number of hydrogen-bond acceptors (Lipinski definition) is 7. The first-order chi connectivity index (χ1) is 16.0. The molecule has 0 fully saturated rings. The summed E-state index contributed by atoms with van der Waals surface area (Å²) in [4.78, 5) is 8.43. The van der Waals surface area contributed by atoms with Crippen molar-refractivity contribution in [1.82, 2.24) is 19.7 Å². The van der Waals surface area contributed by atoms with Gasteiger partial charge in [-0.25, -0.2) is 18.4 Å². The Morgan fingerprint density at radius 3 is 2.42 bits per heavy atom. The number of nitrogen functional groups attached to an aromatic ring is 1. The van der Waals surface area contributed by atoms with Gasteiger partial charge in [0.05, 0.1) is 11.4 Å². The second kappa shape index (κ2) is 9.74. The minimum absolute atomic E-state index is 0.209. The number of ether oxygens (including phenoxy) is 1. The maximum atomic E-state index is 13.2. The summed E-state index contributed by atoms with van der Waals surface area (Å²) in [6.45, 7) is 0.508. The molecule has 4 rings (SSSR count). The quantitative estimate of drug-likeness (QED) is 0.388. The molecule has 8 nitrogen and oxygen atoms in total. The molecule has 10 heteroatoms. The molecule has 0 unspecified atom stereocenters. The van der Waals surface area contributed by atoms with E-state index in [-0.39, 0.29) is 17.5 Å². The number of hydrogen-bond donors (Lipinski definition) is 2. The smallest absolute Gasteiger partial charge is 0.225 e. The van der Waals surface area contributed by atoms with E-state index in [2.05, 4.69) is 26.5 Å². The molecule has 0 saturated carbocycles. The highest BCUT2D eigenvalue weighted by molar-refractivity contribution is 5.56. The summed E-state index contributed by atoms with van der Waals surface area (Å²) in [6.07, 6.45) is 2.66. The standard InChI is InChI=1S/C23H19F2N7O/c24-15-3-7-17(8-4-15)32-22(27)19(14-26)20(31-32)2-1-12-28-23-29-13-11-21(30-23)33-18-9-5-16(25)6-10-18/h3-11,13H,1-2,12,27H2,(H,28,29,30). The fourth-order valence-electron chi connectivity index (χ4n) is 3.12. The lowest BCUT2D eigenvalue weighted by Gasteiger charge is -2.07. The highest BCUT2D eigenvalue weighted by atomic mass is 19.1. The third-order valence-corrected chi connectivity index (χ3v) is 4.72. The summed E-state index contributed by atoms with van der Waals surface area (Å²) in [7, 11) is 0. The van der Waals surface area contributed by atoms with E-state index in [0.717, 1.165) is 0 Å². The van der Waals surface area contributed by atoms with Crippen LogP contribution in [0, 0.1) is 23.0 Å². The van der Waals surface area contributed by atoms with Gasteiger partial charge in [-0.3, -0.25) is 0 Å². The number of aryl methyl sites for hydroxylation is 1. The number of nitrogens with zero attached hydrogens (tertiary/aromatic N) is 5. The van der Waals surface area contributed by atoms with Crippen molar-refractivity contribution in [3.8, 4) is 23.4 Å². The minimum Gasteiger partial charge on any atom is -0.439 e. The van der Waals surface area contributed by atoms with E-state index in [9.17, 15) is 14.0 Å². The zero-order valence-electron chi connectivity index (χ0n) is 17.4. The molecule has 0 aliphatic carbocycles. The molecule has 0 atom stereocenters. The fourth-order valence-corrected chi connectivity index (χ4v) is 3.12. The molecular weight excluding hydrogens is 428 g/mol. The van der Waals surface area contributed by atoms with Crippen LogP contribution in [0.25, 0.3) is 5.69 Å². The predicted octanol–water partition coefficient (Wildman–Crippen LogP) is 4.23. The second-order valence-electron chi connectivity index (χ2n) is 7.01. The Morgan fingerprint density at radius 1 is 1.03 bits per heavy atom. The summed E-state index contributed by atoms with van der Waals surface area (Å²) >= 11 is 0. The van der Waals surface area contributed by atoms with Crippen LogP contribution in [0.4, 0.5) is 20.5 Å². The molecule has 33 heavy (non-hydrogen) atoms. The highest BCUT2D eigenvalue weighted by Crippen LogP contribution is 2.22. The second-order valence-corrected chi connectivity index (χ2v) is 7.01. The Bertz CT molecular complexity index is 1280. The minimum atomic E-state index is -0.370. The van der Waals surface area contributed by atoms with Crippen LogP contribution in [0.3, 0.4) is 0 Å². The average molecular weight is 447 g/mol. The Morgan fingerprint density at radius 2 is 1.73 bits per heavy atom. The highest BCUT2D eigenvalue weighted by Gasteiger charge is 2.16. The van der Waals surface area contributed by atoms with Crippen molar-refractivity contribution in [2.75, 3.05) is 17.6 Å². The average Bonchev–Trinajstić information content (AvgIpc) is 3.14. The lowest BCUT2D eigenvalue weighted by Crippen LogP contribution is -2.07. The first kappa shape index (κ1) is 21.7. The van der Waals surface area contributed by atoms with Crippen molar-refractivity contribution >= 4 is 11.8 Å². The van der Waals surface area contributed by atoms with E-state index in [0.29, 0.717) is 53.9 Å². The molecule has 2 aromatic heterocycles. The molecule has 166 valence electrons. The van der Waals surface area contributed by atoms with Crippen LogP contribution < -0.4 is 15.8 Å². The van der Waals surface area contributed by atoms with E-state index in [1.807, 2.05) is 0 Å². The van der Waals surface area contributed by atoms with Gasteiger partial charge in [-0.15, -0.1) is 0 Å². The van der Waals surface area contributed by atoms with Crippen LogP contribution in [0.2, 0.25) is 0 Å². The Kier molecular flexibility index (Phi) is 6.40. The van der Waals surface area contributed by atoms with E-state index in [4.69, 9.17) is 10.5 Å². The molecule has 4 aromatic rings. The maximum Gasteiger partial charge on any atom is 0.225 e. The molecular formula is C23H19F2N7O. The molecule has 0 radical (unpaired) electrons. The number of benzene rings is 2. The SMILES string of the molecule is N#Cc1c(CCCNc2nccc(Oc3ccc(F)cc3)n2)nn(-c2ccc(F)cc2)c1N. The van der Waals surface area contributed by atoms with Crippen LogP contribution in [-0.2, 0) is 6.42 Å². The molecule has 0 amide bonds. The largest absolute Gasteiger partial charge is 0.439 e. The molecule has 0 aliphatic rings. The number of nitriles is 1. The summed E-state index contributed by atoms with van der Waals surface area (Å²) in [6, 6.07) is 15.0. The number of nitrogens with two attached hydrogens (primary N) is 1. The van der Waals surface area contributed by atoms with Crippen molar-refractivity contribution in [3.63, 3.8) is 0 Å². The van der Waals surface area contributed by atoms with Crippen molar-refractivity contribution in [2.24, 2.45) is 0 Å². The Hall–Kier alpha value is -4.52. The van der Waals surface area contributed by atoms with Crippen molar-refractivity contribution in [2.45, 2.75) is 12.8 Å². The van der Waals surface area contributed by atoms with Gasteiger partial charge < -0.3 is 15.8 Å². The zero-order valence-corrected chi connectivity index (χ0v) is 17.4. The third-order valence-electron chi connectivity index (χ3n) is 4.72. The molecule has 2 aromatic carbocycles. The fraction of sp³-hybridized carbons (Fsp3) is 0.130. The van der Waals surface area contributed by atoms with Gasteiger partial charge in [-0.1, -0.05) is 0 Å². The maximum absolute atomic E-state index is 13.2. The van der Waals surface area contributed by atoms with Gasteiger partial charge in [0.15, 0.2) is 0 Å². The molecule has 2 heterocycles.